The van der Waals surface area contributed by atoms with Crippen LogP contribution < -0.4 is 20.4 Å². The standard InChI is InChI=1S/C21H19N3O5S/c22-20(25)15-23-21(26)16-11-13-19(14-12-16)30(27,28)24(17-7-3-1-4-8-17)29-18-9-5-2-6-10-18/h1-14H,15H2,(H2,22,25)(H,23,26). The second kappa shape index (κ2) is 9.10. The van der Waals surface area contributed by atoms with Crippen molar-refractivity contribution in [3.05, 3.63) is 90.5 Å². The van der Waals surface area contributed by atoms with Crippen LogP contribution in [-0.2, 0) is 14.8 Å². The highest BCUT2D eigenvalue weighted by Gasteiger charge is 2.27. The molecule has 3 aromatic carbocycles. The van der Waals surface area contributed by atoms with E-state index in [0.717, 1.165) is 4.47 Å². The zero-order valence-electron chi connectivity index (χ0n) is 15.8. The number of carbonyl (C=O) groups is 2. The Bertz CT molecular complexity index is 1120. The van der Waals surface area contributed by atoms with Crippen molar-refractivity contribution in [1.82, 2.24) is 5.32 Å². The van der Waals surface area contributed by atoms with Crippen LogP contribution in [0, 0.1) is 0 Å². The predicted molar refractivity (Wildman–Crippen MR) is 111 cm³/mol. The fourth-order valence-corrected chi connectivity index (χ4v) is 3.77. The van der Waals surface area contributed by atoms with Crippen LogP contribution in [0.2, 0.25) is 0 Å². The van der Waals surface area contributed by atoms with Gasteiger partial charge in [-0.3, -0.25) is 9.59 Å². The number of rotatable bonds is 8. The lowest BCUT2D eigenvalue weighted by Crippen LogP contribution is -2.34. The summed E-state index contributed by atoms with van der Waals surface area (Å²) < 4.78 is 27.4. The molecule has 0 aliphatic rings. The van der Waals surface area contributed by atoms with Crippen molar-refractivity contribution in [2.45, 2.75) is 4.90 Å². The van der Waals surface area contributed by atoms with Crippen LogP contribution >= 0.6 is 0 Å². The Morgan fingerprint density at radius 1 is 0.867 bits per heavy atom. The third-order valence-electron chi connectivity index (χ3n) is 3.95. The van der Waals surface area contributed by atoms with Gasteiger partial charge in [0.1, 0.15) is 0 Å². The van der Waals surface area contributed by atoms with Crippen LogP contribution in [0.1, 0.15) is 10.4 Å². The number of hydrogen-bond acceptors (Lipinski definition) is 5. The summed E-state index contributed by atoms with van der Waals surface area (Å²) in [5.41, 5.74) is 5.49. The maximum absolute atomic E-state index is 13.3. The molecule has 0 spiro atoms. The number of para-hydroxylation sites is 2. The van der Waals surface area contributed by atoms with Crippen LogP contribution in [0.25, 0.3) is 0 Å². The molecule has 3 aromatic rings. The number of carbonyl (C=O) groups excluding carboxylic acids is 2. The smallest absolute Gasteiger partial charge is 0.295 e. The summed E-state index contributed by atoms with van der Waals surface area (Å²) in [7, 11) is -4.12. The first-order chi connectivity index (χ1) is 14.4. The van der Waals surface area contributed by atoms with Crippen molar-refractivity contribution >= 4 is 27.5 Å². The predicted octanol–water partition coefficient (Wildman–Crippen LogP) is 2.09. The van der Waals surface area contributed by atoms with Gasteiger partial charge in [0.25, 0.3) is 15.9 Å². The largest absolute Gasteiger partial charge is 0.368 e. The van der Waals surface area contributed by atoms with E-state index < -0.39 is 21.8 Å². The summed E-state index contributed by atoms with van der Waals surface area (Å²) in [4.78, 5) is 28.4. The number of hydrogen-bond donors (Lipinski definition) is 2. The van der Waals surface area contributed by atoms with Gasteiger partial charge >= 0.3 is 0 Å². The summed E-state index contributed by atoms with van der Waals surface area (Å²) in [6, 6.07) is 22.1. The third-order valence-corrected chi connectivity index (χ3v) is 5.54. The van der Waals surface area contributed by atoms with Gasteiger partial charge in [-0.25, -0.2) is 0 Å². The van der Waals surface area contributed by atoms with E-state index >= 15 is 0 Å². The zero-order chi connectivity index (χ0) is 21.6. The van der Waals surface area contributed by atoms with Gasteiger partial charge in [0, 0.05) is 5.56 Å². The molecule has 30 heavy (non-hydrogen) atoms. The number of nitrogens with two attached hydrogens (primary N) is 1. The topological polar surface area (TPSA) is 119 Å². The summed E-state index contributed by atoms with van der Waals surface area (Å²) >= 11 is 0. The van der Waals surface area contributed by atoms with Gasteiger partial charge in [-0.05, 0) is 48.5 Å². The van der Waals surface area contributed by atoms with Crippen molar-refractivity contribution in [2.75, 3.05) is 11.0 Å². The van der Waals surface area contributed by atoms with Crippen molar-refractivity contribution in [3.63, 3.8) is 0 Å². The lowest BCUT2D eigenvalue weighted by Gasteiger charge is -2.24. The summed E-state index contributed by atoms with van der Waals surface area (Å²) in [5.74, 6) is -0.885. The Kier molecular flexibility index (Phi) is 6.33. The maximum atomic E-state index is 13.3. The van der Waals surface area contributed by atoms with Gasteiger partial charge in [0.15, 0.2) is 5.75 Å². The molecule has 0 fully saturated rings. The lowest BCUT2D eigenvalue weighted by atomic mass is 10.2. The van der Waals surface area contributed by atoms with Crippen molar-refractivity contribution in [3.8, 4) is 5.75 Å². The molecule has 0 aliphatic heterocycles. The van der Waals surface area contributed by atoms with E-state index in [2.05, 4.69) is 5.32 Å². The monoisotopic (exact) mass is 425 g/mol. The Labute approximate surface area is 173 Å². The quantitative estimate of drug-likeness (QED) is 0.536. The molecule has 0 radical (unpaired) electrons. The van der Waals surface area contributed by atoms with Crippen LogP contribution in [-0.4, -0.2) is 26.8 Å². The highest BCUT2D eigenvalue weighted by atomic mass is 32.2. The molecule has 8 nitrogen and oxygen atoms in total. The van der Waals surface area contributed by atoms with Gasteiger partial charge in [-0.1, -0.05) is 40.9 Å². The molecule has 0 heterocycles. The van der Waals surface area contributed by atoms with Gasteiger partial charge in [0.05, 0.1) is 17.1 Å². The first-order valence-electron chi connectivity index (χ1n) is 8.88. The molecule has 0 bridgehead atoms. The minimum Gasteiger partial charge on any atom is -0.368 e. The SMILES string of the molecule is NC(=O)CNC(=O)c1ccc(S(=O)(=O)N(Oc2ccccc2)c2ccccc2)cc1. The van der Waals surface area contributed by atoms with E-state index in [1.807, 2.05) is 0 Å². The first-order valence-corrected chi connectivity index (χ1v) is 10.3. The number of nitrogens with zero attached hydrogens (tertiary/aromatic N) is 1. The number of primary amides is 1. The van der Waals surface area contributed by atoms with Gasteiger partial charge in [-0.2, -0.15) is 8.42 Å². The van der Waals surface area contributed by atoms with Gasteiger partial charge < -0.3 is 15.9 Å². The summed E-state index contributed by atoms with van der Waals surface area (Å²) in [6.45, 7) is -0.314. The molecular weight excluding hydrogens is 406 g/mol. The minimum atomic E-state index is -4.12. The van der Waals surface area contributed by atoms with E-state index in [4.69, 9.17) is 10.6 Å². The molecule has 3 rings (SSSR count). The Morgan fingerprint density at radius 3 is 2.00 bits per heavy atom. The van der Waals surface area contributed by atoms with Crippen molar-refractivity contribution in [1.29, 1.82) is 0 Å². The Hall–Kier alpha value is -3.85. The molecule has 3 N–H and O–H groups in total. The average molecular weight is 425 g/mol. The zero-order valence-corrected chi connectivity index (χ0v) is 16.6. The third kappa shape index (κ3) is 4.95. The van der Waals surface area contributed by atoms with Crippen LogP contribution in [0.15, 0.2) is 89.8 Å². The molecule has 9 heteroatoms. The van der Waals surface area contributed by atoms with Gasteiger partial charge in [-0.15, -0.1) is 0 Å². The second-order valence-electron chi connectivity index (χ2n) is 6.15. The number of amides is 2. The molecule has 0 saturated heterocycles. The molecule has 0 unspecified atom stereocenters. The molecule has 2 amide bonds. The number of sulfonamides is 1. The molecular formula is C21H19N3O5S. The normalized spacial score (nSPS) is 10.8. The van der Waals surface area contributed by atoms with Crippen LogP contribution in [0.3, 0.4) is 0 Å². The Balaban J connectivity index is 1.91. The molecule has 154 valence electrons. The number of benzene rings is 3. The Morgan fingerprint density at radius 2 is 1.43 bits per heavy atom. The molecule has 0 saturated carbocycles. The van der Waals surface area contributed by atoms with E-state index in [1.54, 1.807) is 60.7 Å². The first kappa shape index (κ1) is 20.9. The van der Waals surface area contributed by atoms with Crippen LogP contribution in [0.4, 0.5) is 5.69 Å². The van der Waals surface area contributed by atoms with Crippen molar-refractivity contribution < 1.29 is 22.8 Å². The lowest BCUT2D eigenvalue weighted by molar-refractivity contribution is -0.117. The maximum Gasteiger partial charge on any atom is 0.295 e. The molecule has 0 aliphatic carbocycles. The second-order valence-corrected chi connectivity index (χ2v) is 7.90. The van der Waals surface area contributed by atoms with Gasteiger partial charge in [0.2, 0.25) is 5.91 Å². The highest BCUT2D eigenvalue weighted by Crippen LogP contribution is 2.26. The fraction of sp³-hybridized carbons (Fsp3) is 0.0476. The molecule has 0 atom stereocenters. The number of nitrogens with one attached hydrogen (secondary N) is 1. The molecule has 0 aromatic heterocycles. The van der Waals surface area contributed by atoms with Crippen LogP contribution in [0.5, 0.6) is 5.75 Å². The summed E-state index contributed by atoms with van der Waals surface area (Å²) in [6.07, 6.45) is 0. The van der Waals surface area contributed by atoms with E-state index in [1.165, 1.54) is 24.3 Å². The van der Waals surface area contributed by atoms with E-state index in [-0.39, 0.29) is 17.0 Å². The summed E-state index contributed by atoms with van der Waals surface area (Å²) in [5, 5.41) is 2.34. The average Bonchev–Trinajstić information content (AvgIpc) is 2.77. The van der Waals surface area contributed by atoms with E-state index in [9.17, 15) is 18.0 Å². The fourth-order valence-electron chi connectivity index (χ4n) is 2.51. The van der Waals surface area contributed by atoms with Crippen molar-refractivity contribution in [2.24, 2.45) is 5.73 Å². The van der Waals surface area contributed by atoms with E-state index in [0.29, 0.717) is 11.4 Å². The minimum absolute atomic E-state index is 0.0752. The highest BCUT2D eigenvalue weighted by molar-refractivity contribution is 7.92. The number of anilines is 1.